The van der Waals surface area contributed by atoms with Gasteiger partial charge in [-0.25, -0.2) is 4.79 Å². The molecule has 7 nitrogen and oxygen atoms in total. The summed E-state index contributed by atoms with van der Waals surface area (Å²) in [5, 5.41) is 2.86. The van der Waals surface area contributed by atoms with Crippen LogP contribution in [0.25, 0.3) is 0 Å². The number of ether oxygens (including phenoxy) is 1. The molecule has 2 aliphatic heterocycles. The van der Waals surface area contributed by atoms with E-state index in [0.29, 0.717) is 26.2 Å². The van der Waals surface area contributed by atoms with Crippen LogP contribution in [0.15, 0.2) is 24.4 Å². The van der Waals surface area contributed by atoms with Gasteiger partial charge in [-0.05, 0) is 12.1 Å². The van der Waals surface area contributed by atoms with Gasteiger partial charge in [-0.1, -0.05) is 6.07 Å². The Morgan fingerprint density at radius 1 is 1.45 bits per heavy atom. The van der Waals surface area contributed by atoms with Crippen molar-refractivity contribution >= 4 is 12.0 Å². The summed E-state index contributed by atoms with van der Waals surface area (Å²) < 4.78 is 5.47. The molecule has 0 bridgehead atoms. The van der Waals surface area contributed by atoms with Crippen LogP contribution in [-0.4, -0.2) is 65.6 Å². The molecule has 118 valence electrons. The summed E-state index contributed by atoms with van der Waals surface area (Å²) in [6.07, 6.45) is 2.20. The highest BCUT2D eigenvalue weighted by molar-refractivity contribution is 5.78. The van der Waals surface area contributed by atoms with Gasteiger partial charge in [0.15, 0.2) is 0 Å². The maximum atomic E-state index is 12.0. The second-order valence-corrected chi connectivity index (χ2v) is 5.97. The summed E-state index contributed by atoms with van der Waals surface area (Å²) in [6.45, 7) is 2.71. The first kappa shape index (κ1) is 14.8. The Hall–Kier alpha value is -2.15. The molecule has 0 aliphatic carbocycles. The van der Waals surface area contributed by atoms with E-state index >= 15 is 0 Å². The molecule has 1 aromatic heterocycles. The summed E-state index contributed by atoms with van der Waals surface area (Å²) in [7, 11) is 1.74. The zero-order valence-electron chi connectivity index (χ0n) is 12.6. The van der Waals surface area contributed by atoms with Crippen LogP contribution >= 0.6 is 0 Å². The van der Waals surface area contributed by atoms with E-state index in [2.05, 4.69) is 10.3 Å². The van der Waals surface area contributed by atoms with E-state index in [0.717, 1.165) is 18.7 Å². The molecule has 3 heterocycles. The highest BCUT2D eigenvalue weighted by Gasteiger charge is 2.48. The second-order valence-electron chi connectivity index (χ2n) is 5.97. The molecule has 0 unspecified atom stereocenters. The van der Waals surface area contributed by atoms with Crippen LogP contribution in [0, 0.1) is 0 Å². The van der Waals surface area contributed by atoms with Crippen molar-refractivity contribution in [3.63, 3.8) is 0 Å². The Morgan fingerprint density at radius 2 is 2.32 bits per heavy atom. The molecule has 1 N–H and O–H groups in total. The normalized spacial score (nSPS) is 24.8. The average Bonchev–Trinajstić information content (AvgIpc) is 3.01. The number of pyridine rings is 1. The number of aromatic nitrogens is 1. The molecule has 2 amide bonds. The molecule has 2 saturated heterocycles. The van der Waals surface area contributed by atoms with E-state index in [4.69, 9.17) is 4.74 Å². The zero-order chi connectivity index (χ0) is 15.6. The van der Waals surface area contributed by atoms with Crippen LogP contribution in [0.4, 0.5) is 4.79 Å². The van der Waals surface area contributed by atoms with Crippen molar-refractivity contribution < 1.29 is 14.3 Å². The van der Waals surface area contributed by atoms with Gasteiger partial charge in [0.2, 0.25) is 5.91 Å². The van der Waals surface area contributed by atoms with Crippen molar-refractivity contribution in [1.82, 2.24) is 20.1 Å². The first-order valence-electron chi connectivity index (χ1n) is 7.39. The van der Waals surface area contributed by atoms with Gasteiger partial charge >= 0.3 is 6.09 Å². The molecule has 1 aromatic rings. The van der Waals surface area contributed by atoms with Gasteiger partial charge < -0.3 is 15.0 Å². The minimum Gasteiger partial charge on any atom is -0.439 e. The fraction of sp³-hybridized carbons (Fsp3) is 0.533. The van der Waals surface area contributed by atoms with Gasteiger partial charge in [0.25, 0.3) is 0 Å². The monoisotopic (exact) mass is 304 g/mol. The smallest absolute Gasteiger partial charge is 0.410 e. The van der Waals surface area contributed by atoms with Crippen molar-refractivity contribution in [2.24, 2.45) is 0 Å². The lowest BCUT2D eigenvalue weighted by atomic mass is 10.0. The van der Waals surface area contributed by atoms with Crippen molar-refractivity contribution in [3.8, 4) is 0 Å². The van der Waals surface area contributed by atoms with Crippen LogP contribution < -0.4 is 5.32 Å². The Bertz CT molecular complexity index is 565. The van der Waals surface area contributed by atoms with Crippen LogP contribution in [0.3, 0.4) is 0 Å². The molecule has 1 atom stereocenters. The Labute approximate surface area is 129 Å². The standard InChI is InChI=1S/C15H20N4O3/c1-18-10-15(22-14(18)21)5-7-19(11-15)9-13(20)17-8-12-4-2-3-6-16-12/h2-4,6H,5,7-11H2,1H3,(H,17,20)/t15-/m0/s1. The van der Waals surface area contributed by atoms with Gasteiger partial charge in [-0.15, -0.1) is 0 Å². The maximum absolute atomic E-state index is 12.0. The number of likely N-dealkylation sites (tertiary alicyclic amines) is 1. The van der Waals surface area contributed by atoms with Crippen molar-refractivity contribution in [2.45, 2.75) is 18.6 Å². The SMILES string of the molecule is CN1C[C@]2(CCN(CC(=O)NCc3ccccn3)C2)OC1=O. The largest absolute Gasteiger partial charge is 0.439 e. The van der Waals surface area contributed by atoms with E-state index in [1.807, 2.05) is 23.1 Å². The summed E-state index contributed by atoms with van der Waals surface area (Å²) in [5.74, 6) is -0.0413. The van der Waals surface area contributed by atoms with Gasteiger partial charge in [-0.3, -0.25) is 14.7 Å². The number of nitrogens with zero attached hydrogens (tertiary/aromatic N) is 3. The van der Waals surface area contributed by atoms with E-state index in [9.17, 15) is 9.59 Å². The zero-order valence-corrected chi connectivity index (χ0v) is 12.6. The lowest BCUT2D eigenvalue weighted by molar-refractivity contribution is -0.122. The minimum absolute atomic E-state index is 0.0413. The van der Waals surface area contributed by atoms with E-state index < -0.39 is 5.60 Å². The predicted molar refractivity (Wildman–Crippen MR) is 79.0 cm³/mol. The van der Waals surface area contributed by atoms with E-state index in [1.54, 1.807) is 18.1 Å². The molecule has 0 saturated carbocycles. The average molecular weight is 304 g/mol. The molecule has 3 rings (SSSR count). The molecular formula is C15H20N4O3. The molecule has 0 aromatic carbocycles. The topological polar surface area (TPSA) is 74.8 Å². The number of nitrogens with one attached hydrogen (secondary N) is 1. The van der Waals surface area contributed by atoms with Crippen LogP contribution in [0.2, 0.25) is 0 Å². The summed E-state index contributed by atoms with van der Waals surface area (Å²) in [4.78, 5) is 31.3. The molecule has 1 spiro atoms. The third-order valence-corrected chi connectivity index (χ3v) is 4.10. The van der Waals surface area contributed by atoms with Crippen molar-refractivity contribution in [1.29, 1.82) is 0 Å². The second kappa shape index (κ2) is 5.92. The third kappa shape index (κ3) is 3.19. The van der Waals surface area contributed by atoms with Crippen molar-refractivity contribution in [2.75, 3.05) is 33.2 Å². The minimum atomic E-state index is -0.437. The summed E-state index contributed by atoms with van der Waals surface area (Å²) in [6, 6.07) is 5.61. The lowest BCUT2D eigenvalue weighted by Crippen LogP contribution is -2.40. The van der Waals surface area contributed by atoms with Gasteiger partial charge in [0.05, 0.1) is 25.3 Å². The number of rotatable bonds is 4. The van der Waals surface area contributed by atoms with Gasteiger partial charge in [0.1, 0.15) is 5.60 Å². The fourth-order valence-corrected chi connectivity index (χ4v) is 3.02. The van der Waals surface area contributed by atoms with Crippen molar-refractivity contribution in [3.05, 3.63) is 30.1 Å². The Balaban J connectivity index is 1.46. The number of carbonyl (C=O) groups is 2. The number of hydrogen-bond acceptors (Lipinski definition) is 5. The molecule has 7 heteroatoms. The van der Waals surface area contributed by atoms with Gasteiger partial charge in [0, 0.05) is 32.8 Å². The molecular weight excluding hydrogens is 284 g/mol. The van der Waals surface area contributed by atoms with Crippen LogP contribution in [0.5, 0.6) is 0 Å². The highest BCUT2D eigenvalue weighted by Crippen LogP contribution is 2.31. The molecule has 2 aliphatic rings. The first-order valence-corrected chi connectivity index (χ1v) is 7.39. The van der Waals surface area contributed by atoms with E-state index in [1.165, 1.54) is 0 Å². The molecule has 2 fully saturated rings. The fourth-order valence-electron chi connectivity index (χ4n) is 3.02. The highest BCUT2D eigenvalue weighted by atomic mass is 16.6. The number of amides is 2. The molecule has 0 radical (unpaired) electrons. The Kier molecular flexibility index (Phi) is 3.98. The summed E-state index contributed by atoms with van der Waals surface area (Å²) >= 11 is 0. The third-order valence-electron chi connectivity index (χ3n) is 4.10. The van der Waals surface area contributed by atoms with Crippen LogP contribution in [0.1, 0.15) is 12.1 Å². The summed E-state index contributed by atoms with van der Waals surface area (Å²) in [5.41, 5.74) is 0.396. The quantitative estimate of drug-likeness (QED) is 0.861. The Morgan fingerprint density at radius 3 is 3.00 bits per heavy atom. The van der Waals surface area contributed by atoms with Gasteiger partial charge in [-0.2, -0.15) is 0 Å². The molecule has 22 heavy (non-hydrogen) atoms. The number of hydrogen-bond donors (Lipinski definition) is 1. The van der Waals surface area contributed by atoms with Crippen LogP contribution in [-0.2, 0) is 16.1 Å². The maximum Gasteiger partial charge on any atom is 0.410 e. The lowest BCUT2D eigenvalue weighted by Gasteiger charge is -2.21. The van der Waals surface area contributed by atoms with E-state index in [-0.39, 0.29) is 12.0 Å². The first-order chi connectivity index (χ1) is 10.6. The predicted octanol–water partition coefficient (Wildman–Crippen LogP) is 0.224. The number of carbonyl (C=O) groups excluding carboxylic acids is 2. The number of likely N-dealkylation sites (N-methyl/N-ethyl adjacent to an activating group) is 1.